The standard InChI is InChI=1S/C21H25NO4/c1-24-19-12-17(13-20(14-19)25-2)21(23)22-10-8-16(9-11-22)15-26-18-6-4-3-5-7-18/h3-7,12-14,16H,8-11,15H2,1-2H3. The Morgan fingerprint density at radius 1 is 0.962 bits per heavy atom. The first kappa shape index (κ1) is 18.1. The molecule has 0 unspecified atom stereocenters. The molecular weight excluding hydrogens is 330 g/mol. The van der Waals surface area contributed by atoms with Crippen molar-refractivity contribution in [3.05, 3.63) is 54.1 Å². The van der Waals surface area contributed by atoms with Crippen molar-refractivity contribution < 1.29 is 19.0 Å². The highest BCUT2D eigenvalue weighted by Gasteiger charge is 2.24. The van der Waals surface area contributed by atoms with Gasteiger partial charge in [0.05, 0.1) is 20.8 Å². The van der Waals surface area contributed by atoms with Crippen LogP contribution in [-0.4, -0.2) is 44.7 Å². The molecule has 5 heteroatoms. The van der Waals surface area contributed by atoms with Gasteiger partial charge >= 0.3 is 0 Å². The maximum atomic E-state index is 12.8. The van der Waals surface area contributed by atoms with Crippen LogP contribution in [0.2, 0.25) is 0 Å². The van der Waals surface area contributed by atoms with Crippen LogP contribution in [0.15, 0.2) is 48.5 Å². The molecule has 0 radical (unpaired) electrons. The van der Waals surface area contributed by atoms with E-state index >= 15 is 0 Å². The molecule has 26 heavy (non-hydrogen) atoms. The first-order valence-electron chi connectivity index (χ1n) is 8.90. The molecule has 138 valence electrons. The Balaban J connectivity index is 1.55. The van der Waals surface area contributed by atoms with E-state index in [4.69, 9.17) is 14.2 Å². The SMILES string of the molecule is COc1cc(OC)cc(C(=O)N2CCC(COc3ccccc3)CC2)c1. The van der Waals surface area contributed by atoms with Gasteiger partial charge in [-0.05, 0) is 43.0 Å². The summed E-state index contributed by atoms with van der Waals surface area (Å²) in [7, 11) is 3.17. The molecule has 1 saturated heterocycles. The number of carbonyl (C=O) groups excluding carboxylic acids is 1. The van der Waals surface area contributed by atoms with Crippen LogP contribution in [0.1, 0.15) is 23.2 Å². The van der Waals surface area contributed by atoms with E-state index in [1.54, 1.807) is 32.4 Å². The monoisotopic (exact) mass is 355 g/mol. The smallest absolute Gasteiger partial charge is 0.254 e. The second-order valence-electron chi connectivity index (χ2n) is 6.46. The van der Waals surface area contributed by atoms with Crippen LogP contribution in [-0.2, 0) is 0 Å². The summed E-state index contributed by atoms with van der Waals surface area (Å²) in [4.78, 5) is 14.7. The summed E-state index contributed by atoms with van der Waals surface area (Å²) in [6, 6.07) is 15.1. The number of hydrogen-bond acceptors (Lipinski definition) is 4. The molecule has 2 aromatic rings. The maximum Gasteiger partial charge on any atom is 0.254 e. The predicted octanol–water partition coefficient (Wildman–Crippen LogP) is 3.64. The van der Waals surface area contributed by atoms with E-state index in [1.165, 1.54) is 0 Å². The van der Waals surface area contributed by atoms with E-state index in [2.05, 4.69) is 0 Å². The Morgan fingerprint density at radius 2 is 1.58 bits per heavy atom. The van der Waals surface area contributed by atoms with Crippen LogP contribution in [0.3, 0.4) is 0 Å². The third kappa shape index (κ3) is 4.48. The molecule has 0 bridgehead atoms. The van der Waals surface area contributed by atoms with Gasteiger partial charge in [0, 0.05) is 24.7 Å². The van der Waals surface area contributed by atoms with Gasteiger partial charge in [0.1, 0.15) is 17.2 Å². The van der Waals surface area contributed by atoms with E-state index in [9.17, 15) is 4.79 Å². The molecule has 0 aliphatic carbocycles. The summed E-state index contributed by atoms with van der Waals surface area (Å²) in [5.74, 6) is 2.64. The van der Waals surface area contributed by atoms with Crippen molar-refractivity contribution >= 4 is 5.91 Å². The zero-order valence-corrected chi connectivity index (χ0v) is 15.3. The molecule has 0 aromatic heterocycles. The first-order chi connectivity index (χ1) is 12.7. The van der Waals surface area contributed by atoms with Gasteiger partial charge in [-0.3, -0.25) is 4.79 Å². The topological polar surface area (TPSA) is 48.0 Å². The van der Waals surface area contributed by atoms with Gasteiger partial charge in [-0.2, -0.15) is 0 Å². The molecule has 1 heterocycles. The lowest BCUT2D eigenvalue weighted by Crippen LogP contribution is -2.39. The highest BCUT2D eigenvalue weighted by Crippen LogP contribution is 2.25. The van der Waals surface area contributed by atoms with Crippen LogP contribution in [0.25, 0.3) is 0 Å². The Labute approximate surface area is 154 Å². The summed E-state index contributed by atoms with van der Waals surface area (Å²) < 4.78 is 16.4. The first-order valence-corrected chi connectivity index (χ1v) is 8.90. The fraction of sp³-hybridized carbons (Fsp3) is 0.381. The normalized spacial score (nSPS) is 14.8. The van der Waals surface area contributed by atoms with E-state index in [0.717, 1.165) is 31.7 Å². The van der Waals surface area contributed by atoms with Crippen molar-refractivity contribution in [2.75, 3.05) is 33.9 Å². The van der Waals surface area contributed by atoms with Crippen molar-refractivity contribution in [2.24, 2.45) is 5.92 Å². The molecule has 0 saturated carbocycles. The number of para-hydroxylation sites is 1. The van der Waals surface area contributed by atoms with E-state index in [1.807, 2.05) is 35.2 Å². The van der Waals surface area contributed by atoms with Gasteiger partial charge < -0.3 is 19.1 Å². The second kappa shape index (κ2) is 8.61. The molecular formula is C21H25NO4. The zero-order chi connectivity index (χ0) is 18.4. The van der Waals surface area contributed by atoms with Crippen molar-refractivity contribution in [1.29, 1.82) is 0 Å². The van der Waals surface area contributed by atoms with Crippen molar-refractivity contribution in [3.63, 3.8) is 0 Å². The van der Waals surface area contributed by atoms with Gasteiger partial charge in [-0.25, -0.2) is 0 Å². The van der Waals surface area contributed by atoms with Gasteiger partial charge in [-0.1, -0.05) is 18.2 Å². The Hall–Kier alpha value is -2.69. The van der Waals surface area contributed by atoms with E-state index < -0.39 is 0 Å². The van der Waals surface area contributed by atoms with Crippen LogP contribution in [0.4, 0.5) is 0 Å². The minimum absolute atomic E-state index is 0.0182. The van der Waals surface area contributed by atoms with E-state index in [0.29, 0.717) is 29.6 Å². The zero-order valence-electron chi connectivity index (χ0n) is 15.3. The quantitative estimate of drug-likeness (QED) is 0.794. The molecule has 1 aliphatic rings. The van der Waals surface area contributed by atoms with Gasteiger partial charge in [0.2, 0.25) is 0 Å². The van der Waals surface area contributed by atoms with Crippen molar-refractivity contribution in [1.82, 2.24) is 4.90 Å². The largest absolute Gasteiger partial charge is 0.497 e. The number of carbonyl (C=O) groups is 1. The number of nitrogens with zero attached hydrogens (tertiary/aromatic N) is 1. The molecule has 2 aromatic carbocycles. The minimum atomic E-state index is 0.0182. The molecule has 5 nitrogen and oxygen atoms in total. The molecule has 3 rings (SSSR count). The lowest BCUT2D eigenvalue weighted by atomic mass is 9.97. The van der Waals surface area contributed by atoms with Crippen molar-refractivity contribution in [2.45, 2.75) is 12.8 Å². The molecule has 0 atom stereocenters. The summed E-state index contributed by atoms with van der Waals surface area (Å²) in [6.07, 6.45) is 1.89. The number of methoxy groups -OCH3 is 2. The van der Waals surface area contributed by atoms with Crippen LogP contribution in [0, 0.1) is 5.92 Å². The Kier molecular flexibility index (Phi) is 6.00. The van der Waals surface area contributed by atoms with Crippen LogP contribution >= 0.6 is 0 Å². The number of hydrogen-bond donors (Lipinski definition) is 0. The highest BCUT2D eigenvalue weighted by molar-refractivity contribution is 5.95. The van der Waals surface area contributed by atoms with Gasteiger partial charge in [0.15, 0.2) is 0 Å². The summed E-state index contributed by atoms with van der Waals surface area (Å²) in [6.45, 7) is 2.17. The highest BCUT2D eigenvalue weighted by atomic mass is 16.5. The number of piperidine rings is 1. The third-order valence-electron chi connectivity index (χ3n) is 4.73. The minimum Gasteiger partial charge on any atom is -0.497 e. The van der Waals surface area contributed by atoms with Gasteiger partial charge in [-0.15, -0.1) is 0 Å². The molecule has 1 amide bonds. The lowest BCUT2D eigenvalue weighted by Gasteiger charge is -2.32. The van der Waals surface area contributed by atoms with Crippen molar-refractivity contribution in [3.8, 4) is 17.2 Å². The number of likely N-dealkylation sites (tertiary alicyclic amines) is 1. The maximum absolute atomic E-state index is 12.8. The molecule has 0 spiro atoms. The number of amides is 1. The molecule has 1 fully saturated rings. The van der Waals surface area contributed by atoms with Gasteiger partial charge in [0.25, 0.3) is 5.91 Å². The average Bonchev–Trinajstić information content (AvgIpc) is 2.72. The predicted molar refractivity (Wildman–Crippen MR) is 100 cm³/mol. The second-order valence-corrected chi connectivity index (χ2v) is 6.46. The summed E-state index contributed by atoms with van der Waals surface area (Å²) >= 11 is 0. The number of rotatable bonds is 6. The van der Waals surface area contributed by atoms with Crippen LogP contribution < -0.4 is 14.2 Å². The molecule has 1 aliphatic heterocycles. The fourth-order valence-electron chi connectivity index (χ4n) is 3.15. The fourth-order valence-corrected chi connectivity index (χ4v) is 3.15. The summed E-state index contributed by atoms with van der Waals surface area (Å²) in [5.41, 5.74) is 0.597. The summed E-state index contributed by atoms with van der Waals surface area (Å²) in [5, 5.41) is 0. The number of ether oxygens (including phenoxy) is 3. The molecule has 0 N–H and O–H groups in total. The third-order valence-corrected chi connectivity index (χ3v) is 4.73. The van der Waals surface area contributed by atoms with Crippen LogP contribution in [0.5, 0.6) is 17.2 Å². The average molecular weight is 355 g/mol. The Bertz CT molecular complexity index is 702. The lowest BCUT2D eigenvalue weighted by molar-refractivity contribution is 0.0660. The number of benzene rings is 2. The Morgan fingerprint density at radius 3 is 2.15 bits per heavy atom. The van der Waals surface area contributed by atoms with E-state index in [-0.39, 0.29) is 5.91 Å².